The summed E-state index contributed by atoms with van der Waals surface area (Å²) in [5, 5.41) is 2.63. The third-order valence-corrected chi connectivity index (χ3v) is 2.97. The number of nitrogens with one attached hydrogen (secondary N) is 1. The lowest BCUT2D eigenvalue weighted by atomic mass is 10.1. The van der Waals surface area contributed by atoms with Gasteiger partial charge in [0.25, 0.3) is 0 Å². The molecule has 4 nitrogen and oxygen atoms in total. The van der Waals surface area contributed by atoms with E-state index in [4.69, 9.17) is 4.74 Å². The summed E-state index contributed by atoms with van der Waals surface area (Å²) >= 11 is 0. The number of carbonyl (C=O) groups excluding carboxylic acids is 1. The van der Waals surface area contributed by atoms with Crippen molar-refractivity contribution in [1.82, 2.24) is 4.98 Å². The fourth-order valence-corrected chi connectivity index (χ4v) is 1.70. The van der Waals surface area contributed by atoms with Crippen LogP contribution < -0.4 is 5.32 Å². The second kappa shape index (κ2) is 8.95. The van der Waals surface area contributed by atoms with Gasteiger partial charge in [-0.05, 0) is 58.2 Å². The highest BCUT2D eigenvalue weighted by molar-refractivity contribution is 5.84. The van der Waals surface area contributed by atoms with Gasteiger partial charge < -0.3 is 4.74 Å². The summed E-state index contributed by atoms with van der Waals surface area (Å²) in [5.74, 6) is 0.534. The number of pyridine rings is 1. The molecule has 114 valence electrons. The highest BCUT2D eigenvalue weighted by Crippen LogP contribution is 2.10. The van der Waals surface area contributed by atoms with Crippen molar-refractivity contribution in [3.05, 3.63) is 47.2 Å². The monoisotopic (exact) mass is 288 g/mol. The van der Waals surface area contributed by atoms with E-state index in [1.165, 1.54) is 11.1 Å². The van der Waals surface area contributed by atoms with Crippen LogP contribution in [0.15, 0.2) is 41.6 Å². The highest BCUT2D eigenvalue weighted by atomic mass is 16.5. The SMILES string of the molecule is CC(C)=CCC/C(C)=C\COC(=O)Nc1ncccc1C. The molecule has 0 saturated carbocycles. The fraction of sp³-hybridized carbons (Fsp3) is 0.412. The molecule has 1 rings (SSSR count). The van der Waals surface area contributed by atoms with Crippen LogP contribution in [0.3, 0.4) is 0 Å². The Morgan fingerprint density at radius 1 is 1.33 bits per heavy atom. The molecule has 0 fully saturated rings. The average Bonchev–Trinajstić information content (AvgIpc) is 2.41. The molecular formula is C17H24N2O2. The number of ether oxygens (including phenoxy) is 1. The molecule has 1 N–H and O–H groups in total. The van der Waals surface area contributed by atoms with E-state index in [1.807, 2.05) is 32.1 Å². The van der Waals surface area contributed by atoms with Crippen molar-refractivity contribution in [3.8, 4) is 0 Å². The van der Waals surface area contributed by atoms with E-state index in [0.717, 1.165) is 18.4 Å². The smallest absolute Gasteiger partial charge is 0.413 e. The molecule has 1 aromatic heterocycles. The molecule has 0 unspecified atom stereocenters. The number of aryl methyl sites for hydroxylation is 1. The van der Waals surface area contributed by atoms with E-state index in [1.54, 1.807) is 6.20 Å². The Hall–Kier alpha value is -2.10. The number of anilines is 1. The summed E-state index contributed by atoms with van der Waals surface area (Å²) in [6.45, 7) is 8.38. The molecular weight excluding hydrogens is 264 g/mol. The molecule has 1 aromatic rings. The van der Waals surface area contributed by atoms with Crippen molar-refractivity contribution in [2.45, 2.75) is 40.5 Å². The van der Waals surface area contributed by atoms with Crippen LogP contribution in [0.4, 0.5) is 10.6 Å². The Kier molecular flexibility index (Phi) is 7.23. The van der Waals surface area contributed by atoms with Crippen molar-refractivity contribution in [2.24, 2.45) is 0 Å². The number of nitrogens with zero attached hydrogens (tertiary/aromatic N) is 1. The van der Waals surface area contributed by atoms with Crippen molar-refractivity contribution in [3.63, 3.8) is 0 Å². The second-order valence-corrected chi connectivity index (χ2v) is 5.26. The van der Waals surface area contributed by atoms with E-state index in [9.17, 15) is 4.79 Å². The van der Waals surface area contributed by atoms with Gasteiger partial charge in [-0.3, -0.25) is 5.32 Å². The largest absolute Gasteiger partial charge is 0.445 e. The number of rotatable bonds is 6. The van der Waals surface area contributed by atoms with Crippen LogP contribution in [0.1, 0.15) is 39.2 Å². The predicted molar refractivity (Wildman–Crippen MR) is 86.4 cm³/mol. The van der Waals surface area contributed by atoms with Crippen LogP contribution in [0, 0.1) is 6.92 Å². The van der Waals surface area contributed by atoms with Crippen LogP contribution in [0.2, 0.25) is 0 Å². The molecule has 0 spiro atoms. The first-order chi connectivity index (χ1) is 9.99. The van der Waals surface area contributed by atoms with Gasteiger partial charge in [0.2, 0.25) is 0 Å². The Bertz CT molecular complexity index is 529. The molecule has 1 amide bonds. The van der Waals surface area contributed by atoms with E-state index < -0.39 is 6.09 Å². The van der Waals surface area contributed by atoms with E-state index in [2.05, 4.69) is 30.2 Å². The minimum atomic E-state index is -0.481. The van der Waals surface area contributed by atoms with Crippen LogP contribution in [0.5, 0.6) is 0 Å². The molecule has 0 aromatic carbocycles. The minimum Gasteiger partial charge on any atom is -0.445 e. The summed E-state index contributed by atoms with van der Waals surface area (Å²) in [6, 6.07) is 3.71. The Balaban J connectivity index is 2.33. The third-order valence-electron chi connectivity index (χ3n) is 2.97. The van der Waals surface area contributed by atoms with Crippen molar-refractivity contribution in [2.75, 3.05) is 11.9 Å². The number of hydrogen-bond donors (Lipinski definition) is 1. The van der Waals surface area contributed by atoms with Gasteiger partial charge in [-0.25, -0.2) is 9.78 Å². The molecule has 0 atom stereocenters. The zero-order valence-electron chi connectivity index (χ0n) is 13.3. The topological polar surface area (TPSA) is 51.2 Å². The summed E-state index contributed by atoms with van der Waals surface area (Å²) in [7, 11) is 0. The predicted octanol–water partition coefficient (Wildman–Crippen LogP) is 4.63. The number of hydrogen-bond acceptors (Lipinski definition) is 3. The third kappa shape index (κ3) is 7.30. The van der Waals surface area contributed by atoms with Gasteiger partial charge in [0, 0.05) is 6.20 Å². The van der Waals surface area contributed by atoms with Crippen molar-refractivity contribution in [1.29, 1.82) is 0 Å². The highest BCUT2D eigenvalue weighted by Gasteiger charge is 2.05. The zero-order chi connectivity index (χ0) is 15.7. The fourth-order valence-electron chi connectivity index (χ4n) is 1.70. The summed E-state index contributed by atoms with van der Waals surface area (Å²) in [4.78, 5) is 15.7. The van der Waals surface area contributed by atoms with Gasteiger partial charge >= 0.3 is 6.09 Å². The first-order valence-corrected chi connectivity index (χ1v) is 7.13. The quantitative estimate of drug-likeness (QED) is 0.776. The normalized spacial score (nSPS) is 11.0. The van der Waals surface area contributed by atoms with E-state index >= 15 is 0 Å². The van der Waals surface area contributed by atoms with Gasteiger partial charge in [-0.1, -0.05) is 23.3 Å². The zero-order valence-corrected chi connectivity index (χ0v) is 13.3. The number of amides is 1. The molecule has 0 bridgehead atoms. The van der Waals surface area contributed by atoms with Crippen LogP contribution in [-0.4, -0.2) is 17.7 Å². The molecule has 0 radical (unpaired) electrons. The lowest BCUT2D eigenvalue weighted by molar-refractivity contribution is 0.173. The summed E-state index contributed by atoms with van der Waals surface area (Å²) in [5.41, 5.74) is 3.45. The number of allylic oxidation sites excluding steroid dienone is 3. The van der Waals surface area contributed by atoms with Crippen LogP contribution >= 0.6 is 0 Å². The molecule has 21 heavy (non-hydrogen) atoms. The molecule has 1 heterocycles. The van der Waals surface area contributed by atoms with Gasteiger partial charge in [0.05, 0.1) is 0 Å². The number of carbonyl (C=O) groups is 1. The lowest BCUT2D eigenvalue weighted by Gasteiger charge is -2.07. The second-order valence-electron chi connectivity index (χ2n) is 5.26. The summed E-state index contributed by atoms with van der Waals surface area (Å²) < 4.78 is 5.12. The Labute approximate surface area is 126 Å². The first kappa shape index (κ1) is 17.0. The van der Waals surface area contributed by atoms with Gasteiger partial charge in [-0.2, -0.15) is 0 Å². The lowest BCUT2D eigenvalue weighted by Crippen LogP contribution is -2.15. The van der Waals surface area contributed by atoms with Crippen molar-refractivity contribution >= 4 is 11.9 Å². The first-order valence-electron chi connectivity index (χ1n) is 7.13. The van der Waals surface area contributed by atoms with Gasteiger partial charge in [0.1, 0.15) is 12.4 Å². The van der Waals surface area contributed by atoms with Gasteiger partial charge in [-0.15, -0.1) is 0 Å². The van der Waals surface area contributed by atoms with E-state index in [-0.39, 0.29) is 6.61 Å². The molecule has 0 saturated heterocycles. The van der Waals surface area contributed by atoms with Crippen molar-refractivity contribution < 1.29 is 9.53 Å². The van der Waals surface area contributed by atoms with Crippen LogP contribution in [0.25, 0.3) is 0 Å². The maximum absolute atomic E-state index is 11.6. The molecule has 0 aliphatic rings. The number of aromatic nitrogens is 1. The van der Waals surface area contributed by atoms with Gasteiger partial charge in [0.15, 0.2) is 0 Å². The Morgan fingerprint density at radius 3 is 2.76 bits per heavy atom. The maximum Gasteiger partial charge on any atom is 0.413 e. The standard InChI is InChI=1S/C17H24N2O2/c1-13(2)7-5-8-14(3)10-12-21-17(20)19-16-15(4)9-6-11-18-16/h6-7,9-11H,5,8,12H2,1-4H3,(H,18,19,20)/b14-10-. The summed E-state index contributed by atoms with van der Waals surface area (Å²) in [6.07, 6.45) is 7.29. The van der Waals surface area contributed by atoms with E-state index in [0.29, 0.717) is 5.82 Å². The Morgan fingerprint density at radius 2 is 2.10 bits per heavy atom. The molecule has 0 aliphatic carbocycles. The molecule has 0 aliphatic heterocycles. The van der Waals surface area contributed by atoms with Crippen LogP contribution in [-0.2, 0) is 4.74 Å². The minimum absolute atomic E-state index is 0.276. The average molecular weight is 288 g/mol. The maximum atomic E-state index is 11.6. The molecule has 4 heteroatoms.